The molecule has 1 heterocycles. The normalized spacial score (nSPS) is 30.4. The van der Waals surface area contributed by atoms with Crippen molar-refractivity contribution in [3.8, 4) is 0 Å². The Labute approximate surface area is 121 Å². The van der Waals surface area contributed by atoms with Crippen LogP contribution >= 0.6 is 0 Å². The van der Waals surface area contributed by atoms with Crippen molar-refractivity contribution in [2.45, 2.75) is 45.2 Å². The monoisotopic (exact) mass is 271 g/mol. The van der Waals surface area contributed by atoms with Crippen molar-refractivity contribution in [2.75, 3.05) is 6.54 Å². The molecule has 1 saturated carbocycles. The fourth-order valence-corrected chi connectivity index (χ4v) is 3.60. The first-order valence-corrected chi connectivity index (χ1v) is 7.84. The molecule has 0 bridgehead atoms. The van der Waals surface area contributed by atoms with E-state index in [1.54, 1.807) is 0 Å². The van der Waals surface area contributed by atoms with Crippen molar-refractivity contribution in [2.24, 2.45) is 22.6 Å². The Hall–Kier alpha value is -1.51. The van der Waals surface area contributed by atoms with Crippen molar-refractivity contribution in [3.63, 3.8) is 0 Å². The Kier molecular flexibility index (Phi) is 3.95. The van der Waals surface area contributed by atoms with E-state index in [1.165, 1.54) is 31.2 Å². The number of benzene rings is 1. The Morgan fingerprint density at radius 2 is 1.85 bits per heavy atom. The van der Waals surface area contributed by atoms with Gasteiger partial charge in [-0.25, -0.2) is 0 Å². The molecular weight excluding hydrogens is 246 g/mol. The second kappa shape index (κ2) is 5.86. The van der Waals surface area contributed by atoms with E-state index in [0.717, 1.165) is 30.9 Å². The van der Waals surface area contributed by atoms with Crippen molar-refractivity contribution in [3.05, 3.63) is 35.9 Å². The van der Waals surface area contributed by atoms with E-state index in [9.17, 15) is 0 Å². The van der Waals surface area contributed by atoms with Gasteiger partial charge in [-0.1, -0.05) is 50.1 Å². The Morgan fingerprint density at radius 3 is 2.55 bits per heavy atom. The summed E-state index contributed by atoms with van der Waals surface area (Å²) in [5.74, 6) is 2.39. The van der Waals surface area contributed by atoms with Gasteiger partial charge in [-0.15, -0.1) is 0 Å². The molecule has 108 valence electrons. The number of nitrogens with two attached hydrogens (primary N) is 1. The van der Waals surface area contributed by atoms with Gasteiger partial charge in [0.2, 0.25) is 0 Å². The topological polar surface area (TPSA) is 41.6 Å². The van der Waals surface area contributed by atoms with Gasteiger partial charge < -0.3 is 10.6 Å². The molecule has 1 aliphatic carbocycles. The molecule has 0 amide bonds. The van der Waals surface area contributed by atoms with E-state index in [-0.39, 0.29) is 0 Å². The molecule has 1 unspecified atom stereocenters. The smallest absolute Gasteiger partial charge is 0.191 e. The van der Waals surface area contributed by atoms with Gasteiger partial charge in [-0.3, -0.25) is 4.99 Å². The maximum absolute atomic E-state index is 6.13. The van der Waals surface area contributed by atoms with E-state index >= 15 is 0 Å². The molecule has 20 heavy (non-hydrogen) atoms. The summed E-state index contributed by atoms with van der Waals surface area (Å²) in [7, 11) is 0. The lowest BCUT2D eigenvalue weighted by molar-refractivity contribution is 0.176. The highest BCUT2D eigenvalue weighted by atomic mass is 15.3. The average Bonchev–Trinajstić information content (AvgIpc) is 2.83. The fourth-order valence-electron chi connectivity index (χ4n) is 3.60. The molecule has 0 aromatic heterocycles. The number of guanidine groups is 1. The second-order valence-electron chi connectivity index (χ2n) is 6.40. The molecule has 0 spiro atoms. The van der Waals surface area contributed by atoms with Gasteiger partial charge in [0.05, 0.1) is 12.6 Å². The summed E-state index contributed by atoms with van der Waals surface area (Å²) < 4.78 is 0. The van der Waals surface area contributed by atoms with E-state index in [1.807, 2.05) is 0 Å². The van der Waals surface area contributed by atoms with Crippen LogP contribution in [0.25, 0.3) is 0 Å². The lowest BCUT2D eigenvalue weighted by atomic mass is 9.79. The lowest BCUT2D eigenvalue weighted by Gasteiger charge is -2.36. The highest BCUT2D eigenvalue weighted by Gasteiger charge is 2.34. The molecule has 3 nitrogen and oxygen atoms in total. The quantitative estimate of drug-likeness (QED) is 0.918. The summed E-state index contributed by atoms with van der Waals surface area (Å²) in [5, 5.41) is 0. The van der Waals surface area contributed by atoms with Gasteiger partial charge in [0.25, 0.3) is 0 Å². The summed E-state index contributed by atoms with van der Waals surface area (Å²) in [5.41, 5.74) is 7.45. The first kappa shape index (κ1) is 13.5. The number of hydrogen-bond acceptors (Lipinski definition) is 3. The van der Waals surface area contributed by atoms with Gasteiger partial charge in [-0.2, -0.15) is 0 Å². The zero-order chi connectivity index (χ0) is 13.9. The molecule has 0 saturated heterocycles. The van der Waals surface area contributed by atoms with Crippen molar-refractivity contribution in [1.82, 2.24) is 4.90 Å². The minimum absolute atomic E-state index is 0.516. The van der Waals surface area contributed by atoms with E-state index in [0.29, 0.717) is 6.04 Å². The van der Waals surface area contributed by atoms with Crippen LogP contribution in [0.1, 0.15) is 38.2 Å². The molecule has 2 aliphatic rings. The standard InChI is InChI=1S/C17H25N3/c1-13-7-9-15(10-8-13)16-11-19-17(18)20(16)12-14-5-3-2-4-6-14/h2-6,13,15-16H,7-12H2,1H3,(H2,18,19). The second-order valence-corrected chi connectivity index (χ2v) is 6.40. The maximum atomic E-state index is 6.13. The first-order chi connectivity index (χ1) is 9.74. The molecule has 1 atom stereocenters. The third-order valence-electron chi connectivity index (χ3n) is 4.94. The third kappa shape index (κ3) is 2.82. The number of nitrogens with zero attached hydrogens (tertiary/aromatic N) is 2. The predicted octanol–water partition coefficient (Wildman–Crippen LogP) is 3.01. The van der Waals surface area contributed by atoms with Crippen molar-refractivity contribution >= 4 is 5.96 Å². The summed E-state index contributed by atoms with van der Waals surface area (Å²) in [6.07, 6.45) is 5.39. The zero-order valence-electron chi connectivity index (χ0n) is 12.3. The van der Waals surface area contributed by atoms with E-state index in [2.05, 4.69) is 47.1 Å². The predicted molar refractivity (Wildman–Crippen MR) is 83.4 cm³/mol. The maximum Gasteiger partial charge on any atom is 0.191 e. The van der Waals surface area contributed by atoms with E-state index in [4.69, 9.17) is 5.73 Å². The largest absolute Gasteiger partial charge is 0.370 e. The van der Waals surface area contributed by atoms with Gasteiger partial charge in [0.15, 0.2) is 5.96 Å². The van der Waals surface area contributed by atoms with Crippen LogP contribution in [0, 0.1) is 11.8 Å². The van der Waals surface area contributed by atoms with Crippen LogP contribution in [0.4, 0.5) is 0 Å². The van der Waals surface area contributed by atoms with Gasteiger partial charge in [-0.05, 0) is 30.2 Å². The highest BCUT2D eigenvalue weighted by Crippen LogP contribution is 2.34. The van der Waals surface area contributed by atoms with Gasteiger partial charge in [0.1, 0.15) is 0 Å². The Morgan fingerprint density at radius 1 is 1.15 bits per heavy atom. The van der Waals surface area contributed by atoms with Crippen LogP contribution in [0.2, 0.25) is 0 Å². The molecule has 2 N–H and O–H groups in total. The van der Waals surface area contributed by atoms with Crippen molar-refractivity contribution in [1.29, 1.82) is 0 Å². The molecule has 3 rings (SSSR count). The molecule has 1 aliphatic heterocycles. The van der Waals surface area contributed by atoms with Crippen molar-refractivity contribution < 1.29 is 0 Å². The molecule has 3 heteroatoms. The summed E-state index contributed by atoms with van der Waals surface area (Å²) >= 11 is 0. The Balaban J connectivity index is 1.68. The minimum Gasteiger partial charge on any atom is -0.370 e. The van der Waals surface area contributed by atoms with Crippen LogP contribution in [0.5, 0.6) is 0 Å². The summed E-state index contributed by atoms with van der Waals surface area (Å²) in [6, 6.07) is 11.1. The highest BCUT2D eigenvalue weighted by molar-refractivity contribution is 5.80. The average molecular weight is 271 g/mol. The van der Waals surface area contributed by atoms with Gasteiger partial charge in [0, 0.05) is 6.54 Å². The molecule has 0 radical (unpaired) electrons. The van der Waals surface area contributed by atoms with Crippen LogP contribution in [-0.2, 0) is 6.54 Å². The lowest BCUT2D eigenvalue weighted by Crippen LogP contribution is -2.44. The molecule has 1 aromatic rings. The van der Waals surface area contributed by atoms with E-state index < -0.39 is 0 Å². The number of aliphatic imine (C=N–C) groups is 1. The molecular formula is C17H25N3. The fraction of sp³-hybridized carbons (Fsp3) is 0.588. The van der Waals surface area contributed by atoms with Crippen LogP contribution in [0.15, 0.2) is 35.3 Å². The SMILES string of the molecule is CC1CCC(C2CN=C(N)N2Cc2ccccc2)CC1. The first-order valence-electron chi connectivity index (χ1n) is 7.84. The summed E-state index contributed by atoms with van der Waals surface area (Å²) in [4.78, 5) is 6.84. The van der Waals surface area contributed by atoms with Gasteiger partial charge >= 0.3 is 0 Å². The van der Waals surface area contributed by atoms with Crippen LogP contribution in [-0.4, -0.2) is 23.4 Å². The number of hydrogen-bond donors (Lipinski definition) is 1. The minimum atomic E-state index is 0.516. The third-order valence-corrected chi connectivity index (χ3v) is 4.94. The summed E-state index contributed by atoms with van der Waals surface area (Å²) in [6.45, 7) is 4.15. The van der Waals surface area contributed by atoms with Crippen LogP contribution < -0.4 is 5.73 Å². The molecule has 1 fully saturated rings. The molecule has 1 aromatic carbocycles. The van der Waals surface area contributed by atoms with Crippen LogP contribution in [0.3, 0.4) is 0 Å². The zero-order valence-corrected chi connectivity index (χ0v) is 12.3. The number of rotatable bonds is 3. The Bertz CT molecular complexity index is 460.